The molecule has 0 saturated carbocycles. The highest BCUT2D eigenvalue weighted by molar-refractivity contribution is 9.10. The highest BCUT2D eigenvalue weighted by atomic mass is 79.9. The van der Waals surface area contributed by atoms with Crippen LogP contribution in [-0.4, -0.2) is 6.04 Å². The molecule has 2 aromatic carbocycles. The van der Waals surface area contributed by atoms with Crippen molar-refractivity contribution in [3.8, 4) is 11.5 Å². The van der Waals surface area contributed by atoms with Crippen LogP contribution in [0.2, 0.25) is 5.02 Å². The van der Waals surface area contributed by atoms with Gasteiger partial charge in [-0.3, -0.25) is 0 Å². The lowest BCUT2D eigenvalue weighted by molar-refractivity contribution is 0.472. The van der Waals surface area contributed by atoms with E-state index in [0.717, 1.165) is 34.4 Å². The van der Waals surface area contributed by atoms with Gasteiger partial charge in [-0.15, -0.1) is 0 Å². The van der Waals surface area contributed by atoms with E-state index in [1.165, 1.54) is 0 Å². The Balaban J connectivity index is 2.23. The second kappa shape index (κ2) is 7.11. The number of nitrogens with two attached hydrogens (primary N) is 1. The summed E-state index contributed by atoms with van der Waals surface area (Å²) in [5.41, 5.74) is 7.07. The maximum atomic E-state index is 6.06. The van der Waals surface area contributed by atoms with Gasteiger partial charge in [0, 0.05) is 15.5 Å². The largest absolute Gasteiger partial charge is 0.457 e. The van der Waals surface area contributed by atoms with E-state index >= 15 is 0 Å². The summed E-state index contributed by atoms with van der Waals surface area (Å²) >= 11 is 9.47. The lowest BCUT2D eigenvalue weighted by Gasteiger charge is -2.14. The number of hydrogen-bond donors (Lipinski definition) is 1. The Morgan fingerprint density at radius 3 is 2.55 bits per heavy atom. The summed E-state index contributed by atoms with van der Waals surface area (Å²) < 4.78 is 6.95. The number of benzene rings is 2. The van der Waals surface area contributed by atoms with Gasteiger partial charge in [-0.05, 0) is 60.9 Å². The average molecular weight is 355 g/mol. The van der Waals surface area contributed by atoms with Crippen molar-refractivity contribution in [2.24, 2.45) is 5.73 Å². The van der Waals surface area contributed by atoms with Crippen LogP contribution in [0.5, 0.6) is 11.5 Å². The van der Waals surface area contributed by atoms with Gasteiger partial charge in [0.1, 0.15) is 11.5 Å². The van der Waals surface area contributed by atoms with E-state index < -0.39 is 0 Å². The molecule has 2 nitrogen and oxygen atoms in total. The highest BCUT2D eigenvalue weighted by Crippen LogP contribution is 2.29. The minimum Gasteiger partial charge on any atom is -0.457 e. The maximum Gasteiger partial charge on any atom is 0.130 e. The minimum absolute atomic E-state index is 0.112. The summed E-state index contributed by atoms with van der Waals surface area (Å²) in [7, 11) is 0. The molecule has 106 valence electrons. The van der Waals surface area contributed by atoms with Crippen LogP contribution in [0.15, 0.2) is 46.9 Å². The van der Waals surface area contributed by atoms with E-state index in [2.05, 4.69) is 22.9 Å². The Labute approximate surface area is 133 Å². The molecule has 4 heteroatoms. The molecule has 0 saturated heterocycles. The number of hydrogen-bond acceptors (Lipinski definition) is 2. The Kier molecular flexibility index (Phi) is 5.46. The summed E-state index contributed by atoms with van der Waals surface area (Å²) in [5.74, 6) is 1.60. The zero-order chi connectivity index (χ0) is 14.5. The Bertz CT molecular complexity index is 571. The molecule has 0 aliphatic heterocycles. The van der Waals surface area contributed by atoms with E-state index in [1.54, 1.807) is 0 Å². The summed E-state index contributed by atoms with van der Waals surface area (Å²) in [6.07, 6.45) is 1.67. The topological polar surface area (TPSA) is 35.2 Å². The number of rotatable bonds is 5. The van der Waals surface area contributed by atoms with Gasteiger partial charge in [-0.25, -0.2) is 0 Å². The summed E-state index contributed by atoms with van der Waals surface area (Å²) in [4.78, 5) is 0. The molecule has 0 radical (unpaired) electrons. The summed E-state index contributed by atoms with van der Waals surface area (Å²) in [5, 5.41) is 0.700. The Morgan fingerprint density at radius 2 is 1.90 bits per heavy atom. The van der Waals surface area contributed by atoms with E-state index in [1.807, 2.05) is 42.5 Å². The quantitative estimate of drug-likeness (QED) is 0.803. The first kappa shape index (κ1) is 15.4. The van der Waals surface area contributed by atoms with Crippen molar-refractivity contribution >= 4 is 27.5 Å². The van der Waals surface area contributed by atoms with E-state index in [-0.39, 0.29) is 6.04 Å². The van der Waals surface area contributed by atoms with E-state index in [4.69, 9.17) is 22.1 Å². The normalized spacial score (nSPS) is 12.2. The molecule has 20 heavy (non-hydrogen) atoms. The van der Waals surface area contributed by atoms with Crippen molar-refractivity contribution in [1.82, 2.24) is 0 Å². The van der Waals surface area contributed by atoms with Crippen LogP contribution in [0.25, 0.3) is 0 Å². The Hall–Kier alpha value is -1.03. The highest BCUT2D eigenvalue weighted by Gasteiger charge is 2.10. The molecule has 1 unspecified atom stereocenters. The number of halogens is 2. The van der Waals surface area contributed by atoms with Crippen LogP contribution in [0.4, 0.5) is 0 Å². The minimum atomic E-state index is 0.112. The molecular weight excluding hydrogens is 338 g/mol. The van der Waals surface area contributed by atoms with Crippen molar-refractivity contribution in [2.75, 3.05) is 0 Å². The maximum absolute atomic E-state index is 6.06. The van der Waals surface area contributed by atoms with Gasteiger partial charge in [0.05, 0.1) is 0 Å². The van der Waals surface area contributed by atoms with Crippen LogP contribution >= 0.6 is 27.5 Å². The van der Waals surface area contributed by atoms with Gasteiger partial charge in [-0.2, -0.15) is 0 Å². The second-order valence-electron chi connectivity index (χ2n) is 4.68. The van der Waals surface area contributed by atoms with E-state index in [0.29, 0.717) is 5.02 Å². The van der Waals surface area contributed by atoms with Crippen molar-refractivity contribution in [1.29, 1.82) is 0 Å². The predicted octanol–water partition coefficient (Wildman–Crippen LogP) is 5.17. The fourth-order valence-electron chi connectivity index (χ4n) is 1.86. The van der Waals surface area contributed by atoms with Crippen LogP contribution in [0.3, 0.4) is 0 Å². The molecule has 0 bridgehead atoms. The van der Waals surface area contributed by atoms with Gasteiger partial charge in [0.25, 0.3) is 0 Å². The molecule has 2 N–H and O–H groups in total. The van der Waals surface area contributed by atoms with Crippen LogP contribution < -0.4 is 10.5 Å². The molecule has 0 aliphatic carbocycles. The van der Waals surface area contributed by atoms with Gasteiger partial charge in [0.15, 0.2) is 0 Å². The van der Waals surface area contributed by atoms with Gasteiger partial charge in [0.2, 0.25) is 0 Å². The van der Waals surface area contributed by atoms with E-state index in [9.17, 15) is 0 Å². The molecule has 0 spiro atoms. The lowest BCUT2D eigenvalue weighted by atomic mass is 10.0. The molecule has 2 aromatic rings. The van der Waals surface area contributed by atoms with Crippen molar-refractivity contribution in [3.05, 3.63) is 57.5 Å². The lowest BCUT2D eigenvalue weighted by Crippen LogP contribution is -2.21. The average Bonchev–Trinajstić information content (AvgIpc) is 2.44. The van der Waals surface area contributed by atoms with Crippen LogP contribution in [0.1, 0.15) is 18.9 Å². The van der Waals surface area contributed by atoms with Crippen molar-refractivity contribution in [3.63, 3.8) is 0 Å². The van der Waals surface area contributed by atoms with Crippen molar-refractivity contribution < 1.29 is 4.74 Å². The van der Waals surface area contributed by atoms with Crippen LogP contribution in [-0.2, 0) is 6.42 Å². The molecule has 0 heterocycles. The third-order valence-electron chi connectivity index (χ3n) is 3.07. The van der Waals surface area contributed by atoms with Crippen molar-refractivity contribution in [2.45, 2.75) is 25.8 Å². The van der Waals surface area contributed by atoms with Gasteiger partial charge in [-0.1, -0.05) is 34.5 Å². The second-order valence-corrected chi connectivity index (χ2v) is 6.03. The first-order chi connectivity index (χ1) is 9.58. The molecule has 0 amide bonds. The fourth-order valence-corrected chi connectivity index (χ4v) is 2.32. The SMILES string of the molecule is CCC(N)Cc1cc(Cl)ccc1Oc1ccc(Br)cc1. The predicted molar refractivity (Wildman–Crippen MR) is 87.6 cm³/mol. The molecule has 0 aromatic heterocycles. The first-order valence-electron chi connectivity index (χ1n) is 6.56. The summed E-state index contributed by atoms with van der Waals surface area (Å²) in [6.45, 7) is 2.07. The molecule has 1 atom stereocenters. The zero-order valence-corrected chi connectivity index (χ0v) is 13.6. The molecule has 2 rings (SSSR count). The number of ether oxygens (including phenoxy) is 1. The Morgan fingerprint density at radius 1 is 1.20 bits per heavy atom. The zero-order valence-electron chi connectivity index (χ0n) is 11.3. The third-order valence-corrected chi connectivity index (χ3v) is 3.83. The third kappa shape index (κ3) is 4.23. The standard InChI is InChI=1S/C16H17BrClNO/c1-2-14(19)10-11-9-13(18)5-8-16(11)20-15-6-3-12(17)4-7-15/h3-9,14H,2,10,19H2,1H3. The van der Waals surface area contributed by atoms with Crippen LogP contribution in [0, 0.1) is 0 Å². The fraction of sp³-hybridized carbons (Fsp3) is 0.250. The smallest absolute Gasteiger partial charge is 0.130 e. The monoisotopic (exact) mass is 353 g/mol. The van der Waals surface area contributed by atoms with Gasteiger partial charge >= 0.3 is 0 Å². The molecule has 0 aliphatic rings. The van der Waals surface area contributed by atoms with Gasteiger partial charge < -0.3 is 10.5 Å². The molecule has 0 fully saturated rings. The summed E-state index contributed by atoms with van der Waals surface area (Å²) in [6, 6.07) is 13.5. The molecular formula is C16H17BrClNO. The first-order valence-corrected chi connectivity index (χ1v) is 7.73.